The number of alkyl halides is 3. The maximum Gasteiger partial charge on any atom is 0.534 e. The zero-order valence-electron chi connectivity index (χ0n) is 9.63. The highest BCUT2D eigenvalue weighted by Gasteiger charge is 2.50. The lowest BCUT2D eigenvalue weighted by atomic mass is 9.82. The Hall–Kier alpha value is -0.980. The van der Waals surface area contributed by atoms with Crippen molar-refractivity contribution in [3.05, 3.63) is 23.5 Å². The molecule has 0 amide bonds. The van der Waals surface area contributed by atoms with Crippen LogP contribution in [0, 0.1) is 5.41 Å². The Labute approximate surface area is 98.1 Å². The Morgan fingerprint density at radius 3 is 2.29 bits per heavy atom. The third kappa shape index (κ3) is 2.83. The van der Waals surface area contributed by atoms with Gasteiger partial charge in [-0.05, 0) is 18.9 Å². The molecule has 0 saturated heterocycles. The molecule has 0 spiro atoms. The van der Waals surface area contributed by atoms with E-state index in [9.17, 15) is 21.6 Å². The Balaban J connectivity index is 3.15. The predicted molar refractivity (Wildman–Crippen MR) is 56.3 cm³/mol. The lowest BCUT2D eigenvalue weighted by Gasteiger charge is -2.30. The van der Waals surface area contributed by atoms with Crippen molar-refractivity contribution in [2.75, 3.05) is 0 Å². The molecular formula is C10H13F3O3S. The topological polar surface area (TPSA) is 43.4 Å². The summed E-state index contributed by atoms with van der Waals surface area (Å²) >= 11 is 0. The second-order valence-electron chi connectivity index (χ2n) is 4.49. The van der Waals surface area contributed by atoms with Crippen molar-refractivity contribution < 1.29 is 25.8 Å². The van der Waals surface area contributed by atoms with Crippen molar-refractivity contribution >= 4 is 10.1 Å². The molecule has 1 aliphatic rings. The van der Waals surface area contributed by atoms with Gasteiger partial charge in [-0.3, -0.25) is 0 Å². The summed E-state index contributed by atoms with van der Waals surface area (Å²) in [5, 5.41) is 0. The lowest BCUT2D eigenvalue weighted by Crippen LogP contribution is -2.30. The number of hydrogen-bond donors (Lipinski definition) is 0. The summed E-state index contributed by atoms with van der Waals surface area (Å²) < 4.78 is 62.8. The first-order chi connectivity index (χ1) is 7.47. The summed E-state index contributed by atoms with van der Waals surface area (Å²) in [4.78, 5) is 0. The third-order valence-electron chi connectivity index (χ3n) is 2.45. The largest absolute Gasteiger partial charge is 0.534 e. The minimum absolute atomic E-state index is 0.155. The molecule has 0 fully saturated rings. The van der Waals surface area contributed by atoms with E-state index >= 15 is 0 Å². The van der Waals surface area contributed by atoms with Crippen LogP contribution in [0.4, 0.5) is 13.2 Å². The quantitative estimate of drug-likeness (QED) is 0.572. The van der Waals surface area contributed by atoms with Gasteiger partial charge in [-0.2, -0.15) is 21.6 Å². The molecule has 0 bridgehead atoms. The van der Waals surface area contributed by atoms with E-state index in [0.29, 0.717) is 12.0 Å². The number of hydrogen-bond acceptors (Lipinski definition) is 3. The van der Waals surface area contributed by atoms with Gasteiger partial charge in [0.1, 0.15) is 5.76 Å². The van der Waals surface area contributed by atoms with E-state index in [1.807, 2.05) is 0 Å². The van der Waals surface area contributed by atoms with E-state index in [-0.39, 0.29) is 5.76 Å². The molecule has 3 nitrogen and oxygen atoms in total. The zero-order chi connectivity index (χ0) is 13.5. The van der Waals surface area contributed by atoms with Crippen molar-refractivity contribution in [2.45, 2.75) is 32.7 Å². The summed E-state index contributed by atoms with van der Waals surface area (Å²) in [7, 11) is -5.59. The van der Waals surface area contributed by atoms with Crippen LogP contribution in [-0.2, 0) is 14.3 Å². The molecule has 0 N–H and O–H groups in total. The molecule has 0 aliphatic heterocycles. The van der Waals surface area contributed by atoms with E-state index in [4.69, 9.17) is 0 Å². The number of allylic oxidation sites excluding steroid dienone is 4. The molecule has 0 aromatic rings. The molecule has 0 aromatic heterocycles. The summed E-state index contributed by atoms with van der Waals surface area (Å²) in [6, 6.07) is 0. The molecule has 0 atom stereocenters. The molecule has 98 valence electrons. The Morgan fingerprint density at radius 2 is 1.88 bits per heavy atom. The van der Waals surface area contributed by atoms with Crippen LogP contribution in [0.3, 0.4) is 0 Å². The normalized spacial score (nSPS) is 20.6. The number of halogens is 3. The molecule has 0 radical (unpaired) electrons. The molecule has 17 heavy (non-hydrogen) atoms. The van der Waals surface area contributed by atoms with Crippen LogP contribution < -0.4 is 0 Å². The fourth-order valence-corrected chi connectivity index (χ4v) is 2.24. The molecule has 0 aromatic carbocycles. The van der Waals surface area contributed by atoms with E-state index < -0.39 is 21.0 Å². The first kappa shape index (κ1) is 14.1. The van der Waals surface area contributed by atoms with Crippen molar-refractivity contribution in [3.8, 4) is 0 Å². The van der Waals surface area contributed by atoms with Crippen LogP contribution in [0.25, 0.3) is 0 Å². The van der Waals surface area contributed by atoms with Crippen molar-refractivity contribution in [1.29, 1.82) is 0 Å². The molecule has 0 saturated carbocycles. The van der Waals surface area contributed by atoms with Crippen LogP contribution in [0.2, 0.25) is 0 Å². The summed E-state index contributed by atoms with van der Waals surface area (Å²) in [6.07, 6.45) is 3.74. The maximum absolute atomic E-state index is 12.2. The van der Waals surface area contributed by atoms with Gasteiger partial charge in [0.05, 0.1) is 0 Å². The van der Waals surface area contributed by atoms with E-state index in [1.54, 1.807) is 26.0 Å². The highest BCUT2D eigenvalue weighted by Crippen LogP contribution is 2.40. The van der Waals surface area contributed by atoms with Crippen LogP contribution in [0.5, 0.6) is 0 Å². The van der Waals surface area contributed by atoms with E-state index in [0.717, 1.165) is 0 Å². The molecule has 0 unspecified atom stereocenters. The molecular weight excluding hydrogens is 257 g/mol. The third-order valence-corrected chi connectivity index (χ3v) is 3.40. The Bertz CT molecular complexity index is 470. The minimum Gasteiger partial charge on any atom is -0.380 e. The smallest absolute Gasteiger partial charge is 0.380 e. The van der Waals surface area contributed by atoms with E-state index in [1.165, 1.54) is 6.92 Å². The number of rotatable bonds is 2. The van der Waals surface area contributed by atoms with Crippen LogP contribution in [-0.4, -0.2) is 13.9 Å². The monoisotopic (exact) mass is 270 g/mol. The van der Waals surface area contributed by atoms with Crippen LogP contribution >= 0.6 is 0 Å². The van der Waals surface area contributed by atoms with Gasteiger partial charge in [0.15, 0.2) is 0 Å². The second-order valence-corrected chi connectivity index (χ2v) is 6.02. The van der Waals surface area contributed by atoms with Gasteiger partial charge < -0.3 is 4.18 Å². The fourth-order valence-electron chi connectivity index (χ4n) is 1.57. The maximum atomic E-state index is 12.2. The standard InChI is InChI=1S/C10H13F3O3S/c1-7-5-4-6-9(2,3)8(7)16-17(14,15)10(11,12)13/h4-5H,6H2,1-3H3. The van der Waals surface area contributed by atoms with E-state index in [2.05, 4.69) is 4.18 Å². The van der Waals surface area contributed by atoms with Gasteiger partial charge in [0.25, 0.3) is 0 Å². The van der Waals surface area contributed by atoms with Gasteiger partial charge >= 0.3 is 15.6 Å². The Kier molecular flexibility index (Phi) is 3.35. The van der Waals surface area contributed by atoms with Gasteiger partial charge in [-0.25, -0.2) is 0 Å². The summed E-state index contributed by atoms with van der Waals surface area (Å²) in [5.41, 5.74) is -5.79. The SMILES string of the molecule is CC1=C(OS(=O)(=O)C(F)(F)F)C(C)(C)CC=C1. The van der Waals surface area contributed by atoms with Gasteiger partial charge in [-0.15, -0.1) is 0 Å². The minimum atomic E-state index is -5.59. The zero-order valence-corrected chi connectivity index (χ0v) is 10.4. The molecule has 0 heterocycles. The molecule has 1 aliphatic carbocycles. The second kappa shape index (κ2) is 4.04. The average Bonchev–Trinajstić information content (AvgIpc) is 2.09. The Morgan fingerprint density at radius 1 is 1.35 bits per heavy atom. The van der Waals surface area contributed by atoms with Gasteiger partial charge in [0, 0.05) is 5.41 Å². The van der Waals surface area contributed by atoms with Crippen molar-refractivity contribution in [2.24, 2.45) is 5.41 Å². The van der Waals surface area contributed by atoms with Gasteiger partial charge in [-0.1, -0.05) is 26.0 Å². The summed E-state index contributed by atoms with van der Waals surface area (Å²) in [5.74, 6) is -0.155. The van der Waals surface area contributed by atoms with Crippen molar-refractivity contribution in [1.82, 2.24) is 0 Å². The highest BCUT2D eigenvalue weighted by molar-refractivity contribution is 7.87. The lowest BCUT2D eigenvalue weighted by molar-refractivity contribution is -0.0532. The molecule has 1 rings (SSSR count). The molecule has 7 heteroatoms. The van der Waals surface area contributed by atoms with Crippen LogP contribution in [0.15, 0.2) is 23.5 Å². The van der Waals surface area contributed by atoms with Crippen molar-refractivity contribution in [3.63, 3.8) is 0 Å². The van der Waals surface area contributed by atoms with Gasteiger partial charge in [0.2, 0.25) is 0 Å². The predicted octanol–water partition coefficient (Wildman–Crippen LogP) is 3.11. The summed E-state index contributed by atoms with van der Waals surface area (Å²) in [6.45, 7) is 4.76. The fraction of sp³-hybridized carbons (Fsp3) is 0.600. The average molecular weight is 270 g/mol. The first-order valence-electron chi connectivity index (χ1n) is 4.86. The van der Waals surface area contributed by atoms with Crippen LogP contribution in [0.1, 0.15) is 27.2 Å². The first-order valence-corrected chi connectivity index (χ1v) is 6.27. The highest BCUT2D eigenvalue weighted by atomic mass is 32.2.